The Morgan fingerprint density at radius 3 is 2.60 bits per heavy atom. The number of halogens is 1. The zero-order valence-electron chi connectivity index (χ0n) is 10.6. The molecule has 0 spiro atoms. The van der Waals surface area contributed by atoms with Crippen molar-refractivity contribution in [2.45, 2.75) is 10.9 Å². The van der Waals surface area contributed by atoms with Gasteiger partial charge in [0.15, 0.2) is 5.16 Å². The molecule has 2 heterocycles. The topological polar surface area (TPSA) is 30.7 Å². The minimum atomic E-state index is 0.814. The molecule has 3 aromatic rings. The first kappa shape index (κ1) is 13.4. The highest BCUT2D eigenvalue weighted by molar-refractivity contribution is 9.10. The average molecular weight is 346 g/mol. The maximum Gasteiger partial charge on any atom is 0.172 e. The number of pyridine rings is 1. The molecule has 0 aliphatic rings. The van der Waals surface area contributed by atoms with Crippen LogP contribution < -0.4 is 0 Å². The molecular weight excluding hydrogens is 334 g/mol. The van der Waals surface area contributed by atoms with Crippen LogP contribution in [0.5, 0.6) is 0 Å². The van der Waals surface area contributed by atoms with Crippen molar-refractivity contribution >= 4 is 27.7 Å². The number of nitrogens with zero attached hydrogens (tertiary/aromatic N) is 3. The molecule has 0 saturated carbocycles. The van der Waals surface area contributed by atoms with Crippen molar-refractivity contribution in [2.24, 2.45) is 0 Å². The van der Waals surface area contributed by atoms with Gasteiger partial charge in [-0.05, 0) is 36.4 Å². The summed E-state index contributed by atoms with van der Waals surface area (Å²) in [6, 6.07) is 14.2. The van der Waals surface area contributed by atoms with Crippen LogP contribution in [0, 0.1) is 0 Å². The molecule has 0 saturated heterocycles. The smallest absolute Gasteiger partial charge is 0.172 e. The van der Waals surface area contributed by atoms with Gasteiger partial charge in [-0.2, -0.15) is 0 Å². The molecular formula is C15H12BrN3S. The van der Waals surface area contributed by atoms with E-state index < -0.39 is 0 Å². The number of hydrogen-bond acceptors (Lipinski definition) is 3. The molecule has 0 aliphatic carbocycles. The van der Waals surface area contributed by atoms with E-state index in [2.05, 4.69) is 42.6 Å². The van der Waals surface area contributed by atoms with Crippen molar-refractivity contribution in [3.8, 4) is 5.69 Å². The van der Waals surface area contributed by atoms with Gasteiger partial charge in [-0.25, -0.2) is 4.98 Å². The number of benzene rings is 1. The van der Waals surface area contributed by atoms with Gasteiger partial charge in [-0.15, -0.1) is 0 Å². The van der Waals surface area contributed by atoms with Crippen LogP contribution in [-0.4, -0.2) is 14.5 Å². The van der Waals surface area contributed by atoms with Crippen LogP contribution in [0.25, 0.3) is 5.69 Å². The van der Waals surface area contributed by atoms with E-state index in [1.165, 1.54) is 0 Å². The molecule has 3 rings (SSSR count). The normalized spacial score (nSPS) is 10.7. The second-order valence-electron chi connectivity index (χ2n) is 4.17. The standard InChI is InChI=1S/C15H12BrN3S/c16-12-4-6-14(7-5-12)19-10-9-18-15(19)20-11-13-3-1-2-8-17-13/h1-10H,11H2. The van der Waals surface area contributed by atoms with E-state index in [1.807, 2.05) is 48.9 Å². The first-order chi connectivity index (χ1) is 9.83. The number of aromatic nitrogens is 3. The van der Waals surface area contributed by atoms with Crippen LogP contribution in [0.15, 0.2) is 70.7 Å². The molecule has 5 heteroatoms. The van der Waals surface area contributed by atoms with Gasteiger partial charge in [0.25, 0.3) is 0 Å². The van der Waals surface area contributed by atoms with Crippen LogP contribution in [-0.2, 0) is 5.75 Å². The zero-order valence-corrected chi connectivity index (χ0v) is 13.0. The second kappa shape index (κ2) is 6.24. The van der Waals surface area contributed by atoms with Gasteiger partial charge in [0, 0.05) is 34.5 Å². The average Bonchev–Trinajstić information content (AvgIpc) is 2.95. The quantitative estimate of drug-likeness (QED) is 0.659. The summed E-state index contributed by atoms with van der Waals surface area (Å²) in [6.07, 6.45) is 5.61. The highest BCUT2D eigenvalue weighted by Crippen LogP contribution is 2.24. The lowest BCUT2D eigenvalue weighted by molar-refractivity contribution is 0.894. The highest BCUT2D eigenvalue weighted by Gasteiger charge is 2.06. The molecule has 0 atom stereocenters. The molecule has 0 bridgehead atoms. The molecule has 0 N–H and O–H groups in total. The summed E-state index contributed by atoms with van der Waals surface area (Å²) in [4.78, 5) is 8.74. The lowest BCUT2D eigenvalue weighted by atomic mass is 10.3. The van der Waals surface area contributed by atoms with Crippen molar-refractivity contribution < 1.29 is 0 Å². The van der Waals surface area contributed by atoms with Gasteiger partial charge in [0.1, 0.15) is 0 Å². The van der Waals surface area contributed by atoms with Crippen molar-refractivity contribution in [1.82, 2.24) is 14.5 Å². The van der Waals surface area contributed by atoms with Crippen LogP contribution in [0.1, 0.15) is 5.69 Å². The Bertz CT molecular complexity index is 680. The molecule has 2 aromatic heterocycles. The summed E-state index contributed by atoms with van der Waals surface area (Å²) in [6.45, 7) is 0. The Balaban J connectivity index is 1.78. The number of rotatable bonds is 4. The molecule has 20 heavy (non-hydrogen) atoms. The van der Waals surface area contributed by atoms with Gasteiger partial charge in [-0.1, -0.05) is 33.8 Å². The van der Waals surface area contributed by atoms with Crippen LogP contribution in [0.3, 0.4) is 0 Å². The Kier molecular flexibility index (Phi) is 4.18. The molecule has 100 valence electrons. The molecule has 0 aliphatic heterocycles. The number of thioether (sulfide) groups is 1. The van der Waals surface area contributed by atoms with E-state index in [1.54, 1.807) is 11.8 Å². The SMILES string of the molecule is Brc1ccc(-n2ccnc2SCc2ccccn2)cc1. The lowest BCUT2D eigenvalue weighted by Gasteiger charge is -2.07. The predicted molar refractivity (Wildman–Crippen MR) is 85.1 cm³/mol. The summed E-state index contributed by atoms with van der Waals surface area (Å²) in [5.41, 5.74) is 2.16. The van der Waals surface area contributed by atoms with Gasteiger partial charge >= 0.3 is 0 Å². The van der Waals surface area contributed by atoms with E-state index in [4.69, 9.17) is 0 Å². The molecule has 0 unspecified atom stereocenters. The molecule has 0 radical (unpaired) electrons. The first-order valence-electron chi connectivity index (χ1n) is 6.15. The molecule has 3 nitrogen and oxygen atoms in total. The van der Waals surface area contributed by atoms with E-state index in [-0.39, 0.29) is 0 Å². The fourth-order valence-electron chi connectivity index (χ4n) is 1.82. The molecule has 0 fully saturated rings. The van der Waals surface area contributed by atoms with Crippen molar-refractivity contribution in [1.29, 1.82) is 0 Å². The number of imidazole rings is 1. The number of hydrogen-bond donors (Lipinski definition) is 0. The maximum absolute atomic E-state index is 4.42. The Morgan fingerprint density at radius 1 is 1.00 bits per heavy atom. The van der Waals surface area contributed by atoms with E-state index in [0.717, 1.165) is 26.8 Å². The van der Waals surface area contributed by atoms with Crippen molar-refractivity contribution in [3.05, 3.63) is 71.2 Å². The van der Waals surface area contributed by atoms with Crippen LogP contribution in [0.4, 0.5) is 0 Å². The fourth-order valence-corrected chi connectivity index (χ4v) is 2.97. The van der Waals surface area contributed by atoms with Gasteiger partial charge in [0.2, 0.25) is 0 Å². The monoisotopic (exact) mass is 345 g/mol. The summed E-state index contributed by atoms with van der Waals surface area (Å²) in [7, 11) is 0. The van der Waals surface area contributed by atoms with Crippen LogP contribution in [0.2, 0.25) is 0 Å². The first-order valence-corrected chi connectivity index (χ1v) is 7.93. The Morgan fingerprint density at radius 2 is 1.85 bits per heavy atom. The molecule has 0 amide bonds. The van der Waals surface area contributed by atoms with Crippen molar-refractivity contribution in [2.75, 3.05) is 0 Å². The Labute approximate surface area is 130 Å². The third-order valence-electron chi connectivity index (χ3n) is 2.79. The summed E-state index contributed by atoms with van der Waals surface area (Å²) in [5, 5.41) is 0.970. The summed E-state index contributed by atoms with van der Waals surface area (Å²) in [5.74, 6) is 0.814. The fraction of sp³-hybridized carbons (Fsp3) is 0.0667. The largest absolute Gasteiger partial charge is 0.295 e. The third-order valence-corrected chi connectivity index (χ3v) is 4.32. The van der Waals surface area contributed by atoms with Crippen molar-refractivity contribution in [3.63, 3.8) is 0 Å². The molecule has 1 aromatic carbocycles. The maximum atomic E-state index is 4.42. The lowest BCUT2D eigenvalue weighted by Crippen LogP contribution is -1.95. The minimum absolute atomic E-state index is 0.814. The second-order valence-corrected chi connectivity index (χ2v) is 6.02. The van der Waals surface area contributed by atoms with Crippen LogP contribution >= 0.6 is 27.7 Å². The Hall–Kier alpha value is -1.59. The van der Waals surface area contributed by atoms with E-state index in [0.29, 0.717) is 0 Å². The highest BCUT2D eigenvalue weighted by atomic mass is 79.9. The van der Waals surface area contributed by atoms with E-state index in [9.17, 15) is 0 Å². The predicted octanol–water partition coefficient (Wildman–Crippen LogP) is 4.32. The summed E-state index contributed by atoms with van der Waals surface area (Å²) < 4.78 is 3.16. The van der Waals surface area contributed by atoms with E-state index >= 15 is 0 Å². The van der Waals surface area contributed by atoms with Gasteiger partial charge in [-0.3, -0.25) is 9.55 Å². The minimum Gasteiger partial charge on any atom is -0.295 e. The van der Waals surface area contributed by atoms with Gasteiger partial charge in [0.05, 0.1) is 5.69 Å². The third kappa shape index (κ3) is 3.11. The van der Waals surface area contributed by atoms with Gasteiger partial charge < -0.3 is 0 Å². The summed E-state index contributed by atoms with van der Waals surface area (Å²) >= 11 is 5.13. The zero-order chi connectivity index (χ0) is 13.8.